The topological polar surface area (TPSA) is 268 Å². The Morgan fingerprint density at radius 2 is 1.40 bits per heavy atom. The van der Waals surface area contributed by atoms with Crippen molar-refractivity contribution < 1.29 is 43.0 Å². The Bertz CT molecular complexity index is 2890. The minimum absolute atomic E-state index is 0.00842. The Morgan fingerprint density at radius 1 is 0.700 bits per heavy atom. The van der Waals surface area contributed by atoms with Gasteiger partial charge < -0.3 is 57.0 Å². The van der Waals surface area contributed by atoms with Crippen LogP contribution in [0.1, 0.15) is 86.5 Å². The molecule has 5 aromatic rings. The summed E-state index contributed by atoms with van der Waals surface area (Å²) in [5, 5.41) is 18.9. The van der Waals surface area contributed by atoms with Crippen LogP contribution in [0.25, 0.3) is 10.9 Å². The number of hydrogen-bond acceptors (Lipinski definition) is 12. The molecule has 2 aromatic heterocycles. The summed E-state index contributed by atoms with van der Waals surface area (Å²) in [5.74, 6) is -3.22. The highest BCUT2D eigenvalue weighted by atomic mass is 16.6. The number of ketones is 1. The summed E-state index contributed by atoms with van der Waals surface area (Å²) in [5.41, 5.74) is 9.45. The van der Waals surface area contributed by atoms with Crippen molar-refractivity contribution in [3.8, 4) is 5.75 Å². The summed E-state index contributed by atoms with van der Waals surface area (Å²) in [6.07, 6.45) is 9.80. The number of aromatic nitrogens is 2. The van der Waals surface area contributed by atoms with E-state index in [-0.39, 0.29) is 64.1 Å². The lowest BCUT2D eigenvalue weighted by atomic mass is 9.83. The predicted molar refractivity (Wildman–Crippen MR) is 301 cm³/mol. The standard InChI is InChI=1S/C61H76N10O9/c62-24-28-65-61(78)80-47-34-54-59(76)67-50(21-18-39-9-2-1-3-10-39)57(74)68-51(32-45-36-66-49-15-7-6-14-48(45)49)55(72)33-44(29-41-22-26-63-27-23-41)56(73)69-52(30-40-16-19-46(20-17-40)79-38-42-11-4-5-12-42)58(75)70-53(60(77)71(54)37-47)31-43-13-8-25-64-35-43/h1-3,6-10,13-17,19-20,25,35-36,41-42,44,47,50-54,63,66H,4-5,11-12,18,21-24,26-34,37-38,62H2,(H,65,78)(H,67,76)(H,68,74)(H,69,73)(H,70,75)/t44-,47-,50+,51-,52+,53+,54+/m1/s1. The van der Waals surface area contributed by atoms with Gasteiger partial charge in [0.25, 0.3) is 0 Å². The molecule has 0 unspecified atom stereocenters. The second kappa shape index (κ2) is 28.0. The number of fused-ring (bicyclic) bond motifs is 2. The first-order chi connectivity index (χ1) is 39.0. The summed E-state index contributed by atoms with van der Waals surface area (Å²) < 4.78 is 12.0. The number of amides is 6. The lowest BCUT2D eigenvalue weighted by Gasteiger charge is -2.32. The fourth-order valence-corrected chi connectivity index (χ4v) is 11.7. The van der Waals surface area contributed by atoms with Gasteiger partial charge in [-0.1, -0.05) is 79.6 Å². The molecule has 6 amide bonds. The van der Waals surface area contributed by atoms with Crippen molar-refractivity contribution >= 4 is 52.3 Å². The number of H-pyrrole nitrogens is 1. The third kappa shape index (κ3) is 15.6. The van der Waals surface area contributed by atoms with E-state index < -0.39 is 83.6 Å². The number of carbonyl (C=O) groups excluding carboxylic acids is 7. The van der Waals surface area contributed by atoms with E-state index in [2.05, 4.69) is 41.9 Å². The zero-order valence-electron chi connectivity index (χ0n) is 45.4. The molecule has 1 saturated carbocycles. The number of aryl methyl sites for hydroxylation is 1. The first kappa shape index (κ1) is 57.1. The highest BCUT2D eigenvalue weighted by molar-refractivity contribution is 5.99. The summed E-state index contributed by atoms with van der Waals surface area (Å²) in [7, 11) is 0. The van der Waals surface area contributed by atoms with Gasteiger partial charge in [0, 0.05) is 80.6 Å². The molecule has 0 spiro atoms. The van der Waals surface area contributed by atoms with E-state index in [1.54, 1.807) is 24.5 Å². The van der Waals surface area contributed by atoms with E-state index in [0.29, 0.717) is 42.2 Å². The lowest BCUT2D eigenvalue weighted by molar-refractivity contribution is -0.143. The van der Waals surface area contributed by atoms with E-state index >= 15 is 28.8 Å². The van der Waals surface area contributed by atoms with Crippen LogP contribution in [0.3, 0.4) is 0 Å². The Kier molecular flexibility index (Phi) is 20.0. The summed E-state index contributed by atoms with van der Waals surface area (Å²) in [4.78, 5) is 113. The molecule has 7 atom stereocenters. The zero-order chi connectivity index (χ0) is 55.8. The van der Waals surface area contributed by atoms with Crippen LogP contribution in [-0.4, -0.2) is 132 Å². The molecular weight excluding hydrogens is 1020 g/mol. The van der Waals surface area contributed by atoms with Crippen molar-refractivity contribution in [3.05, 3.63) is 132 Å². The van der Waals surface area contributed by atoms with Crippen molar-refractivity contribution in [2.24, 2.45) is 23.5 Å². The maximum absolute atomic E-state index is 15.4. The number of pyridine rings is 1. The van der Waals surface area contributed by atoms with Gasteiger partial charge >= 0.3 is 6.09 Å². The SMILES string of the molecule is NCCNC(=O)O[C@@H]1C[C@H]2C(=O)N[C@@H](CCc3ccccc3)C(=O)N[C@H](Cc3c[nH]c4ccccc34)C(=O)C[C@@H](CC3CCNCC3)C(=O)N[C@@H](Cc3ccc(OCC4CCCC4)cc3)C(=O)N[C@@H](Cc3cccnc3)C(=O)N2C1. The highest BCUT2D eigenvalue weighted by Crippen LogP contribution is 2.29. The Morgan fingerprint density at radius 3 is 2.16 bits per heavy atom. The monoisotopic (exact) mass is 1090 g/mol. The summed E-state index contributed by atoms with van der Waals surface area (Å²) in [6.45, 7) is 2.13. The molecule has 0 radical (unpaired) electrons. The van der Waals surface area contributed by atoms with Gasteiger partial charge in [-0.2, -0.15) is 0 Å². The number of carbonyl (C=O) groups is 7. The number of benzene rings is 3. The van der Waals surface area contributed by atoms with Gasteiger partial charge in [-0.25, -0.2) is 4.79 Å². The largest absolute Gasteiger partial charge is 0.493 e. The van der Waals surface area contributed by atoms with Crippen LogP contribution in [0.5, 0.6) is 5.75 Å². The molecule has 0 bridgehead atoms. The van der Waals surface area contributed by atoms with Crippen molar-refractivity contribution in [3.63, 3.8) is 0 Å². The van der Waals surface area contributed by atoms with Crippen LogP contribution in [0.15, 0.2) is 110 Å². The molecule has 3 aromatic carbocycles. The zero-order valence-corrected chi connectivity index (χ0v) is 45.4. The number of ether oxygens (including phenoxy) is 2. The third-order valence-electron chi connectivity index (χ3n) is 16.2. The van der Waals surface area contributed by atoms with Gasteiger partial charge in [0.1, 0.15) is 36.0 Å². The van der Waals surface area contributed by atoms with Crippen molar-refractivity contribution in [2.75, 3.05) is 39.3 Å². The first-order valence-corrected chi connectivity index (χ1v) is 28.6. The molecule has 19 heteroatoms. The summed E-state index contributed by atoms with van der Waals surface area (Å²) in [6, 6.07) is 21.7. The van der Waals surface area contributed by atoms with E-state index in [4.69, 9.17) is 15.2 Å². The number of para-hydroxylation sites is 1. The van der Waals surface area contributed by atoms with Crippen LogP contribution >= 0.6 is 0 Å². The second-order valence-electron chi connectivity index (χ2n) is 22.0. The van der Waals surface area contributed by atoms with Crippen LogP contribution < -0.4 is 42.4 Å². The molecule has 5 heterocycles. The average molecular weight is 1090 g/mol. The van der Waals surface area contributed by atoms with Crippen LogP contribution in [0.2, 0.25) is 0 Å². The quantitative estimate of drug-likeness (QED) is 0.0646. The first-order valence-electron chi connectivity index (χ1n) is 28.6. The number of Topliss-reactive ketones (excluding diaryl/α,β-unsaturated/α-hetero) is 1. The smallest absolute Gasteiger partial charge is 0.407 e. The maximum Gasteiger partial charge on any atom is 0.407 e. The van der Waals surface area contributed by atoms with Gasteiger partial charge in [-0.05, 0) is 116 Å². The van der Waals surface area contributed by atoms with Gasteiger partial charge in [0.2, 0.25) is 29.5 Å². The molecule has 9 rings (SSSR count). The minimum atomic E-state index is -1.33. The van der Waals surface area contributed by atoms with Crippen LogP contribution in [0.4, 0.5) is 4.79 Å². The Balaban J connectivity index is 1.10. The third-order valence-corrected chi connectivity index (χ3v) is 16.2. The maximum atomic E-state index is 15.4. The van der Waals surface area contributed by atoms with Gasteiger partial charge in [0.15, 0.2) is 5.78 Å². The molecule has 4 aliphatic rings. The van der Waals surface area contributed by atoms with E-state index in [0.717, 1.165) is 60.8 Å². The molecule has 424 valence electrons. The van der Waals surface area contributed by atoms with E-state index in [1.807, 2.05) is 85.1 Å². The van der Waals surface area contributed by atoms with E-state index in [1.165, 1.54) is 17.7 Å². The number of piperidine rings is 1. The molecule has 4 fully saturated rings. The van der Waals surface area contributed by atoms with Gasteiger partial charge in [-0.15, -0.1) is 0 Å². The van der Waals surface area contributed by atoms with Crippen molar-refractivity contribution in [1.82, 2.24) is 46.8 Å². The fraction of sp³-hybridized carbons (Fsp3) is 0.475. The molecule has 19 nitrogen and oxygen atoms in total. The Labute approximate surface area is 467 Å². The van der Waals surface area contributed by atoms with Crippen molar-refractivity contribution in [1.29, 1.82) is 0 Å². The second-order valence-corrected chi connectivity index (χ2v) is 22.0. The molecule has 80 heavy (non-hydrogen) atoms. The molecule has 1 aliphatic carbocycles. The van der Waals surface area contributed by atoms with Gasteiger partial charge in [-0.3, -0.25) is 33.8 Å². The number of rotatable bonds is 17. The Hall–Kier alpha value is -7.64. The molecule has 9 N–H and O–H groups in total. The predicted octanol–water partition coefficient (Wildman–Crippen LogP) is 4.36. The number of hydrogen-bond donors (Lipinski definition) is 8. The van der Waals surface area contributed by atoms with Crippen LogP contribution in [0, 0.1) is 17.8 Å². The number of nitrogens with two attached hydrogens (primary N) is 1. The number of alkyl carbamates (subject to hydrolysis) is 1. The van der Waals surface area contributed by atoms with E-state index in [9.17, 15) is 4.79 Å². The number of nitrogens with zero attached hydrogens (tertiary/aromatic N) is 2. The molecular formula is C61H76N10O9. The normalized spacial score (nSPS) is 24.0. The average Bonchev–Trinajstić information content (AvgIpc) is 4.27. The molecule has 3 saturated heterocycles. The highest BCUT2D eigenvalue weighted by Gasteiger charge is 2.45. The van der Waals surface area contributed by atoms with Gasteiger partial charge in [0.05, 0.1) is 19.2 Å². The summed E-state index contributed by atoms with van der Waals surface area (Å²) >= 11 is 0. The van der Waals surface area contributed by atoms with Crippen molar-refractivity contribution in [2.45, 2.75) is 126 Å². The van der Waals surface area contributed by atoms with Crippen LogP contribution in [-0.2, 0) is 59.2 Å². The molecule has 3 aliphatic heterocycles. The number of nitrogens with one attached hydrogen (secondary N) is 7. The minimum Gasteiger partial charge on any atom is -0.493 e. The lowest BCUT2D eigenvalue weighted by Crippen LogP contribution is -2.60. The number of aromatic amines is 1. The fourth-order valence-electron chi connectivity index (χ4n) is 11.7.